The lowest BCUT2D eigenvalue weighted by Gasteiger charge is -2.18. The van der Waals surface area contributed by atoms with Crippen LogP contribution in [0.4, 0.5) is 4.79 Å². The van der Waals surface area contributed by atoms with Crippen LogP contribution >= 0.6 is 0 Å². The van der Waals surface area contributed by atoms with Gasteiger partial charge in [0.15, 0.2) is 0 Å². The van der Waals surface area contributed by atoms with E-state index in [0.717, 1.165) is 24.7 Å². The molecular weight excluding hydrogens is 248 g/mol. The summed E-state index contributed by atoms with van der Waals surface area (Å²) in [5.41, 5.74) is 0. The SMILES string of the molecule is CC(C)CCCC(C)NC(=O)NC(C)CCCC(C)C. The molecule has 20 heavy (non-hydrogen) atoms. The first-order valence-electron chi connectivity index (χ1n) is 8.38. The van der Waals surface area contributed by atoms with E-state index in [1.165, 1.54) is 25.7 Å². The molecule has 0 bridgehead atoms. The lowest BCUT2D eigenvalue weighted by Crippen LogP contribution is -2.44. The quantitative estimate of drug-likeness (QED) is 0.599. The maximum absolute atomic E-state index is 11.8. The molecule has 2 amide bonds. The molecule has 0 aromatic rings. The van der Waals surface area contributed by atoms with Crippen LogP contribution in [0.1, 0.15) is 80.1 Å². The van der Waals surface area contributed by atoms with Crippen LogP contribution in [-0.2, 0) is 0 Å². The summed E-state index contributed by atoms with van der Waals surface area (Å²) in [6, 6.07) is 0.507. The smallest absolute Gasteiger partial charge is 0.315 e. The summed E-state index contributed by atoms with van der Waals surface area (Å²) in [5.74, 6) is 1.49. The first-order valence-corrected chi connectivity index (χ1v) is 8.38. The van der Waals surface area contributed by atoms with Crippen LogP contribution in [0, 0.1) is 11.8 Å². The summed E-state index contributed by atoms with van der Waals surface area (Å²) in [4.78, 5) is 11.8. The van der Waals surface area contributed by atoms with E-state index >= 15 is 0 Å². The third-order valence-corrected chi connectivity index (χ3v) is 3.59. The first-order chi connectivity index (χ1) is 9.31. The van der Waals surface area contributed by atoms with Crippen LogP contribution in [0.15, 0.2) is 0 Å². The minimum absolute atomic E-state index is 0.0147. The molecule has 2 unspecified atom stereocenters. The zero-order valence-corrected chi connectivity index (χ0v) is 14.5. The average molecular weight is 284 g/mol. The van der Waals surface area contributed by atoms with Crippen LogP contribution in [0.2, 0.25) is 0 Å². The second-order valence-electron chi connectivity index (χ2n) is 7.07. The Hall–Kier alpha value is -0.730. The maximum atomic E-state index is 11.8. The molecule has 3 nitrogen and oxygen atoms in total. The molecule has 3 heteroatoms. The van der Waals surface area contributed by atoms with E-state index in [-0.39, 0.29) is 18.1 Å². The monoisotopic (exact) mass is 284 g/mol. The number of nitrogens with one attached hydrogen (secondary N) is 2. The number of urea groups is 1. The van der Waals surface area contributed by atoms with Gasteiger partial charge in [-0.15, -0.1) is 0 Å². The highest BCUT2D eigenvalue weighted by molar-refractivity contribution is 5.74. The lowest BCUT2D eigenvalue weighted by atomic mass is 10.0. The van der Waals surface area contributed by atoms with Gasteiger partial charge in [-0.1, -0.05) is 53.4 Å². The van der Waals surface area contributed by atoms with Crippen molar-refractivity contribution in [2.45, 2.75) is 92.2 Å². The second-order valence-corrected chi connectivity index (χ2v) is 7.07. The van der Waals surface area contributed by atoms with Crippen molar-refractivity contribution in [3.63, 3.8) is 0 Å². The normalized spacial score (nSPS) is 14.4. The lowest BCUT2D eigenvalue weighted by molar-refractivity contribution is 0.232. The van der Waals surface area contributed by atoms with Gasteiger partial charge in [0.2, 0.25) is 0 Å². The molecule has 0 spiro atoms. The van der Waals surface area contributed by atoms with Gasteiger partial charge in [-0.2, -0.15) is 0 Å². The predicted molar refractivity (Wildman–Crippen MR) is 88.0 cm³/mol. The molecule has 2 N–H and O–H groups in total. The molecule has 0 rings (SSSR count). The Labute approximate surface area is 126 Å². The Kier molecular flexibility index (Phi) is 10.6. The van der Waals surface area contributed by atoms with E-state index in [1.54, 1.807) is 0 Å². The Balaban J connectivity index is 3.69. The highest BCUT2D eigenvalue weighted by Gasteiger charge is 2.10. The van der Waals surface area contributed by atoms with E-state index in [2.05, 4.69) is 52.2 Å². The fraction of sp³-hybridized carbons (Fsp3) is 0.941. The number of amides is 2. The minimum Gasteiger partial charge on any atom is -0.336 e. The van der Waals surface area contributed by atoms with Gasteiger partial charge in [0, 0.05) is 12.1 Å². The Bertz CT molecular complexity index is 227. The van der Waals surface area contributed by atoms with Crippen molar-refractivity contribution in [1.29, 1.82) is 0 Å². The summed E-state index contributed by atoms with van der Waals surface area (Å²) in [6.45, 7) is 13.1. The van der Waals surface area contributed by atoms with E-state index < -0.39 is 0 Å². The number of hydrogen-bond acceptors (Lipinski definition) is 1. The molecule has 2 atom stereocenters. The van der Waals surface area contributed by atoms with Crippen LogP contribution in [0.5, 0.6) is 0 Å². The fourth-order valence-corrected chi connectivity index (χ4v) is 2.30. The van der Waals surface area contributed by atoms with Gasteiger partial charge < -0.3 is 10.6 Å². The van der Waals surface area contributed by atoms with E-state index in [0.29, 0.717) is 0 Å². The zero-order chi connectivity index (χ0) is 15.5. The van der Waals surface area contributed by atoms with Crippen LogP contribution in [0.25, 0.3) is 0 Å². The Morgan fingerprint density at radius 2 is 1.05 bits per heavy atom. The average Bonchev–Trinajstić information content (AvgIpc) is 2.26. The first kappa shape index (κ1) is 19.3. The maximum Gasteiger partial charge on any atom is 0.315 e. The predicted octanol–water partition coefficient (Wildman–Crippen LogP) is 4.72. The van der Waals surface area contributed by atoms with Crippen molar-refractivity contribution in [1.82, 2.24) is 10.6 Å². The molecular formula is C17H36N2O. The third kappa shape index (κ3) is 12.3. The molecule has 0 radical (unpaired) electrons. The molecule has 0 saturated carbocycles. The number of rotatable bonds is 10. The summed E-state index contributed by atoms with van der Waals surface area (Å²) < 4.78 is 0. The molecule has 0 aliphatic carbocycles. The zero-order valence-electron chi connectivity index (χ0n) is 14.5. The molecule has 0 aliphatic heterocycles. The van der Waals surface area contributed by atoms with Crippen molar-refractivity contribution in [3.05, 3.63) is 0 Å². The van der Waals surface area contributed by atoms with Gasteiger partial charge in [-0.05, 0) is 38.5 Å². The topological polar surface area (TPSA) is 41.1 Å². The van der Waals surface area contributed by atoms with Gasteiger partial charge in [-0.3, -0.25) is 0 Å². The van der Waals surface area contributed by atoms with Gasteiger partial charge in [0.05, 0.1) is 0 Å². The van der Waals surface area contributed by atoms with Crippen molar-refractivity contribution in [3.8, 4) is 0 Å². The molecule has 0 heterocycles. The standard InChI is InChI=1S/C17H36N2O/c1-13(2)9-7-11-15(5)18-17(20)19-16(6)12-8-10-14(3)4/h13-16H,7-12H2,1-6H3,(H2,18,19,20). The second kappa shape index (κ2) is 11.0. The van der Waals surface area contributed by atoms with Crippen LogP contribution in [0.3, 0.4) is 0 Å². The van der Waals surface area contributed by atoms with Gasteiger partial charge in [-0.25, -0.2) is 4.79 Å². The highest BCUT2D eigenvalue weighted by atomic mass is 16.2. The number of carbonyl (C=O) groups excluding carboxylic acids is 1. The minimum atomic E-state index is -0.0147. The summed E-state index contributed by atoms with van der Waals surface area (Å²) in [5, 5.41) is 6.07. The van der Waals surface area contributed by atoms with Crippen molar-refractivity contribution in [2.24, 2.45) is 11.8 Å². The van der Waals surface area contributed by atoms with E-state index in [9.17, 15) is 4.79 Å². The Morgan fingerprint density at radius 1 is 0.700 bits per heavy atom. The van der Waals surface area contributed by atoms with Crippen LogP contribution in [-0.4, -0.2) is 18.1 Å². The molecule has 120 valence electrons. The molecule has 0 fully saturated rings. The van der Waals surface area contributed by atoms with Crippen molar-refractivity contribution >= 4 is 6.03 Å². The molecule has 0 saturated heterocycles. The third-order valence-electron chi connectivity index (χ3n) is 3.59. The molecule has 0 aliphatic rings. The Morgan fingerprint density at radius 3 is 1.35 bits per heavy atom. The van der Waals surface area contributed by atoms with Crippen molar-refractivity contribution < 1.29 is 4.79 Å². The van der Waals surface area contributed by atoms with E-state index in [1.807, 2.05) is 0 Å². The van der Waals surface area contributed by atoms with Gasteiger partial charge in [0.25, 0.3) is 0 Å². The van der Waals surface area contributed by atoms with E-state index in [4.69, 9.17) is 0 Å². The summed E-state index contributed by atoms with van der Waals surface area (Å²) in [6.07, 6.45) is 6.96. The summed E-state index contributed by atoms with van der Waals surface area (Å²) in [7, 11) is 0. The fourth-order valence-electron chi connectivity index (χ4n) is 2.30. The van der Waals surface area contributed by atoms with Crippen LogP contribution < -0.4 is 10.6 Å². The number of carbonyl (C=O) groups is 1. The van der Waals surface area contributed by atoms with Gasteiger partial charge >= 0.3 is 6.03 Å². The largest absolute Gasteiger partial charge is 0.336 e. The summed E-state index contributed by atoms with van der Waals surface area (Å²) >= 11 is 0. The highest BCUT2D eigenvalue weighted by Crippen LogP contribution is 2.09. The van der Waals surface area contributed by atoms with Crippen molar-refractivity contribution in [2.75, 3.05) is 0 Å². The molecule has 0 aromatic heterocycles. The van der Waals surface area contributed by atoms with Gasteiger partial charge in [0.1, 0.15) is 0 Å². The number of hydrogen-bond donors (Lipinski definition) is 2. The molecule has 0 aromatic carbocycles.